The first-order chi connectivity index (χ1) is 9.13. The maximum Gasteiger partial charge on any atom is 0.262 e. The van der Waals surface area contributed by atoms with E-state index in [0.29, 0.717) is 17.1 Å². The summed E-state index contributed by atoms with van der Waals surface area (Å²) in [7, 11) is 0. The van der Waals surface area contributed by atoms with E-state index < -0.39 is 5.95 Å². The number of ether oxygens (including phenoxy) is 1. The van der Waals surface area contributed by atoms with Crippen LogP contribution in [0.3, 0.4) is 0 Å². The number of hydrogen-bond acceptors (Lipinski definition) is 4. The van der Waals surface area contributed by atoms with Crippen LogP contribution in [0, 0.1) is 5.95 Å². The van der Waals surface area contributed by atoms with Crippen LogP contribution in [-0.4, -0.2) is 17.5 Å². The standard InChI is InChI=1S/C13H12FN3O2/c14-12-5-4-10(7-16-12)17-13(18)8-19-11-3-1-2-9(15)6-11/h1-7H,8,15H2,(H,17,18). The second-order valence-corrected chi connectivity index (χ2v) is 3.78. The molecule has 0 unspecified atom stereocenters. The zero-order chi connectivity index (χ0) is 13.7. The highest BCUT2D eigenvalue weighted by molar-refractivity contribution is 5.91. The Hall–Kier alpha value is -2.63. The van der Waals surface area contributed by atoms with Crippen molar-refractivity contribution in [2.45, 2.75) is 0 Å². The van der Waals surface area contributed by atoms with Crippen LogP contribution in [0.5, 0.6) is 5.75 Å². The van der Waals surface area contributed by atoms with Crippen LogP contribution in [-0.2, 0) is 4.79 Å². The van der Waals surface area contributed by atoms with Crippen LogP contribution in [0.1, 0.15) is 0 Å². The van der Waals surface area contributed by atoms with Crippen molar-refractivity contribution in [3.63, 3.8) is 0 Å². The van der Waals surface area contributed by atoms with Crippen LogP contribution in [0.15, 0.2) is 42.6 Å². The monoisotopic (exact) mass is 261 g/mol. The van der Waals surface area contributed by atoms with Crippen molar-refractivity contribution < 1.29 is 13.9 Å². The van der Waals surface area contributed by atoms with Gasteiger partial charge in [-0.3, -0.25) is 4.79 Å². The molecule has 5 nitrogen and oxygen atoms in total. The van der Waals surface area contributed by atoms with E-state index in [9.17, 15) is 9.18 Å². The molecule has 0 aliphatic carbocycles. The summed E-state index contributed by atoms with van der Waals surface area (Å²) in [5.41, 5.74) is 6.54. The second kappa shape index (κ2) is 5.81. The number of carbonyl (C=O) groups is 1. The van der Waals surface area contributed by atoms with Crippen molar-refractivity contribution in [2.75, 3.05) is 17.7 Å². The van der Waals surface area contributed by atoms with Gasteiger partial charge in [0.1, 0.15) is 5.75 Å². The lowest BCUT2D eigenvalue weighted by molar-refractivity contribution is -0.118. The molecule has 1 aromatic heterocycles. The summed E-state index contributed by atoms with van der Waals surface area (Å²) in [6, 6.07) is 9.34. The van der Waals surface area contributed by atoms with Crippen molar-refractivity contribution in [2.24, 2.45) is 0 Å². The van der Waals surface area contributed by atoms with Gasteiger partial charge in [-0.15, -0.1) is 0 Å². The highest BCUT2D eigenvalue weighted by atomic mass is 19.1. The molecule has 3 N–H and O–H groups in total. The van der Waals surface area contributed by atoms with E-state index in [1.165, 1.54) is 12.3 Å². The Bertz CT molecular complexity index is 572. The fourth-order valence-corrected chi connectivity index (χ4v) is 1.40. The minimum atomic E-state index is -0.603. The molecule has 0 radical (unpaired) electrons. The molecule has 0 bridgehead atoms. The number of nitrogens with zero attached hydrogens (tertiary/aromatic N) is 1. The number of nitrogens with one attached hydrogen (secondary N) is 1. The number of nitrogens with two attached hydrogens (primary N) is 1. The van der Waals surface area contributed by atoms with Gasteiger partial charge in [-0.05, 0) is 24.3 Å². The van der Waals surface area contributed by atoms with Gasteiger partial charge >= 0.3 is 0 Å². The third-order valence-electron chi connectivity index (χ3n) is 2.24. The molecule has 1 heterocycles. The van der Waals surface area contributed by atoms with E-state index in [0.717, 1.165) is 6.07 Å². The van der Waals surface area contributed by atoms with Gasteiger partial charge in [0.05, 0.1) is 11.9 Å². The van der Waals surface area contributed by atoms with E-state index in [-0.39, 0.29) is 12.5 Å². The molecule has 1 aromatic carbocycles. The van der Waals surface area contributed by atoms with E-state index in [2.05, 4.69) is 10.3 Å². The first-order valence-electron chi connectivity index (χ1n) is 5.53. The van der Waals surface area contributed by atoms with Crippen LogP contribution >= 0.6 is 0 Å². The van der Waals surface area contributed by atoms with Crippen LogP contribution in [0.2, 0.25) is 0 Å². The molecule has 0 aliphatic heterocycles. The Morgan fingerprint density at radius 1 is 1.37 bits per heavy atom. The number of hydrogen-bond donors (Lipinski definition) is 2. The number of aromatic nitrogens is 1. The number of benzene rings is 1. The molecule has 0 saturated heterocycles. The predicted molar refractivity (Wildman–Crippen MR) is 69.2 cm³/mol. The zero-order valence-electron chi connectivity index (χ0n) is 9.97. The van der Waals surface area contributed by atoms with E-state index in [1.54, 1.807) is 24.3 Å². The van der Waals surface area contributed by atoms with Crippen molar-refractivity contribution in [3.8, 4) is 5.75 Å². The Morgan fingerprint density at radius 2 is 2.21 bits per heavy atom. The average Bonchev–Trinajstić information content (AvgIpc) is 2.39. The quantitative estimate of drug-likeness (QED) is 0.650. The lowest BCUT2D eigenvalue weighted by atomic mass is 10.3. The van der Waals surface area contributed by atoms with Gasteiger partial charge in [-0.25, -0.2) is 4.98 Å². The number of halogens is 1. The summed E-state index contributed by atoms with van der Waals surface area (Å²) in [6.07, 6.45) is 1.23. The molecule has 98 valence electrons. The van der Waals surface area contributed by atoms with Gasteiger partial charge in [0.2, 0.25) is 5.95 Å². The molecule has 1 amide bonds. The Labute approximate surface area is 109 Å². The van der Waals surface area contributed by atoms with Gasteiger partial charge in [0.15, 0.2) is 6.61 Å². The van der Waals surface area contributed by atoms with Gasteiger partial charge in [0, 0.05) is 11.8 Å². The fourth-order valence-electron chi connectivity index (χ4n) is 1.40. The summed E-state index contributed by atoms with van der Waals surface area (Å²) in [5.74, 6) is -0.461. The highest BCUT2D eigenvalue weighted by Crippen LogP contribution is 2.14. The molecule has 2 aromatic rings. The molecule has 6 heteroatoms. The molecule has 19 heavy (non-hydrogen) atoms. The highest BCUT2D eigenvalue weighted by Gasteiger charge is 2.04. The largest absolute Gasteiger partial charge is 0.484 e. The Morgan fingerprint density at radius 3 is 2.89 bits per heavy atom. The summed E-state index contributed by atoms with van der Waals surface area (Å²) in [4.78, 5) is 15.0. The lowest BCUT2D eigenvalue weighted by Gasteiger charge is -2.07. The van der Waals surface area contributed by atoms with E-state index in [4.69, 9.17) is 10.5 Å². The first kappa shape index (κ1) is 12.8. The summed E-state index contributed by atoms with van der Waals surface area (Å²) < 4.78 is 17.8. The van der Waals surface area contributed by atoms with Crippen LogP contribution < -0.4 is 15.8 Å². The Kier molecular flexibility index (Phi) is 3.92. The number of carbonyl (C=O) groups excluding carboxylic acids is 1. The summed E-state index contributed by atoms with van der Waals surface area (Å²) in [5, 5.41) is 2.53. The van der Waals surface area contributed by atoms with Crippen molar-refractivity contribution in [3.05, 3.63) is 48.5 Å². The molecular weight excluding hydrogens is 249 g/mol. The summed E-state index contributed by atoms with van der Waals surface area (Å²) >= 11 is 0. The maximum absolute atomic E-state index is 12.6. The minimum absolute atomic E-state index is 0.166. The second-order valence-electron chi connectivity index (χ2n) is 3.78. The fraction of sp³-hybridized carbons (Fsp3) is 0.0769. The van der Waals surface area contributed by atoms with Gasteiger partial charge in [-0.2, -0.15) is 4.39 Å². The van der Waals surface area contributed by atoms with Crippen molar-refractivity contribution in [1.29, 1.82) is 0 Å². The van der Waals surface area contributed by atoms with Crippen molar-refractivity contribution >= 4 is 17.3 Å². The number of pyridine rings is 1. The average molecular weight is 261 g/mol. The smallest absolute Gasteiger partial charge is 0.262 e. The minimum Gasteiger partial charge on any atom is -0.484 e. The summed E-state index contributed by atoms with van der Waals surface area (Å²) in [6.45, 7) is -0.166. The number of rotatable bonds is 4. The van der Waals surface area contributed by atoms with Gasteiger partial charge in [0.25, 0.3) is 5.91 Å². The first-order valence-corrected chi connectivity index (χ1v) is 5.53. The molecular formula is C13H12FN3O2. The molecule has 0 saturated carbocycles. The van der Waals surface area contributed by atoms with Gasteiger partial charge in [-0.1, -0.05) is 6.07 Å². The molecule has 0 atom stereocenters. The third-order valence-corrected chi connectivity index (χ3v) is 2.24. The SMILES string of the molecule is Nc1cccc(OCC(=O)Nc2ccc(F)nc2)c1. The lowest BCUT2D eigenvalue weighted by Crippen LogP contribution is -2.20. The molecule has 0 spiro atoms. The van der Waals surface area contributed by atoms with E-state index >= 15 is 0 Å². The molecule has 0 fully saturated rings. The van der Waals surface area contributed by atoms with E-state index in [1.807, 2.05) is 0 Å². The number of anilines is 2. The number of amides is 1. The predicted octanol–water partition coefficient (Wildman–Crippen LogP) is 1.82. The molecule has 2 rings (SSSR count). The van der Waals surface area contributed by atoms with Crippen LogP contribution in [0.25, 0.3) is 0 Å². The zero-order valence-corrected chi connectivity index (χ0v) is 9.97. The van der Waals surface area contributed by atoms with Crippen LogP contribution in [0.4, 0.5) is 15.8 Å². The third kappa shape index (κ3) is 3.95. The maximum atomic E-state index is 12.6. The van der Waals surface area contributed by atoms with Gasteiger partial charge < -0.3 is 15.8 Å². The Balaban J connectivity index is 1.86. The normalized spacial score (nSPS) is 9.95. The number of nitrogen functional groups attached to an aromatic ring is 1. The topological polar surface area (TPSA) is 77.2 Å². The molecule has 0 aliphatic rings. The van der Waals surface area contributed by atoms with Crippen molar-refractivity contribution in [1.82, 2.24) is 4.98 Å².